The van der Waals surface area contributed by atoms with Crippen molar-refractivity contribution in [1.29, 1.82) is 0 Å². The number of hydrogen-bond acceptors (Lipinski definition) is 5. The summed E-state index contributed by atoms with van der Waals surface area (Å²) in [5, 5.41) is 0. The van der Waals surface area contributed by atoms with E-state index in [1.165, 1.54) is 18.4 Å². The molecular formula is C28H43N7O. The number of benzene rings is 1. The van der Waals surface area contributed by atoms with Crippen LogP contribution in [0.3, 0.4) is 0 Å². The molecule has 36 heavy (non-hydrogen) atoms. The van der Waals surface area contributed by atoms with Crippen molar-refractivity contribution in [3.8, 4) is 0 Å². The number of aromatic nitrogens is 4. The first-order valence-electron chi connectivity index (χ1n) is 13.3. The van der Waals surface area contributed by atoms with E-state index < -0.39 is 0 Å². The van der Waals surface area contributed by atoms with Gasteiger partial charge in [0, 0.05) is 51.5 Å². The summed E-state index contributed by atoms with van der Waals surface area (Å²) in [6, 6.07) is 8.61. The third-order valence-electron chi connectivity index (χ3n) is 6.43. The van der Waals surface area contributed by atoms with Gasteiger partial charge in [0.05, 0.1) is 13.1 Å². The number of hydrogen-bond donors (Lipinski definition) is 1. The Morgan fingerprint density at radius 2 is 1.53 bits per heavy atom. The molecule has 1 amide bonds. The van der Waals surface area contributed by atoms with Crippen molar-refractivity contribution in [1.82, 2.24) is 34.2 Å². The van der Waals surface area contributed by atoms with Gasteiger partial charge in [0.25, 0.3) is 0 Å². The molecule has 3 rings (SSSR count). The molecule has 0 aliphatic rings. The van der Waals surface area contributed by atoms with Crippen LogP contribution in [0.4, 0.5) is 0 Å². The Labute approximate surface area is 216 Å². The number of amides is 1. The Balaban J connectivity index is 1.50. The maximum Gasteiger partial charge on any atom is 0.210 e. The highest BCUT2D eigenvalue weighted by Gasteiger charge is 2.13. The molecule has 8 heteroatoms. The predicted molar refractivity (Wildman–Crippen MR) is 144 cm³/mol. The van der Waals surface area contributed by atoms with Gasteiger partial charge in [-0.25, -0.2) is 9.97 Å². The maximum absolute atomic E-state index is 11.7. The normalized spacial score (nSPS) is 11.5. The van der Waals surface area contributed by atoms with Crippen LogP contribution < -0.4 is 0 Å². The van der Waals surface area contributed by atoms with E-state index in [0.717, 1.165) is 75.7 Å². The summed E-state index contributed by atoms with van der Waals surface area (Å²) in [4.78, 5) is 30.5. The van der Waals surface area contributed by atoms with Crippen molar-refractivity contribution in [3.63, 3.8) is 0 Å². The second-order valence-corrected chi connectivity index (χ2v) is 9.58. The lowest BCUT2D eigenvalue weighted by Crippen LogP contribution is -2.28. The van der Waals surface area contributed by atoms with Gasteiger partial charge >= 0.3 is 0 Å². The number of unbranched alkanes of at least 4 members (excludes halogenated alkanes) is 1. The van der Waals surface area contributed by atoms with Crippen LogP contribution in [0.2, 0.25) is 0 Å². The molecule has 0 spiro atoms. The number of nitrogens with one attached hydrogen (secondary N) is 1. The monoisotopic (exact) mass is 493 g/mol. The Morgan fingerprint density at radius 1 is 0.833 bits per heavy atom. The molecule has 0 saturated heterocycles. The average molecular weight is 494 g/mol. The van der Waals surface area contributed by atoms with Crippen LogP contribution in [-0.4, -0.2) is 66.8 Å². The molecule has 0 fully saturated rings. The van der Waals surface area contributed by atoms with Crippen LogP contribution in [0.15, 0.2) is 49.1 Å². The largest absolute Gasteiger partial charge is 0.348 e. The van der Waals surface area contributed by atoms with Gasteiger partial charge in [0.1, 0.15) is 11.6 Å². The first kappa shape index (κ1) is 27.6. The number of rotatable bonds is 18. The van der Waals surface area contributed by atoms with Crippen molar-refractivity contribution in [2.24, 2.45) is 7.05 Å². The Morgan fingerprint density at radius 3 is 2.11 bits per heavy atom. The van der Waals surface area contributed by atoms with Gasteiger partial charge in [0.15, 0.2) is 0 Å². The van der Waals surface area contributed by atoms with Crippen LogP contribution in [0.1, 0.15) is 62.3 Å². The fourth-order valence-corrected chi connectivity index (χ4v) is 4.54. The van der Waals surface area contributed by atoms with Gasteiger partial charge < -0.3 is 19.4 Å². The van der Waals surface area contributed by atoms with Crippen LogP contribution in [-0.2, 0) is 38.0 Å². The molecule has 8 nitrogen and oxygen atoms in total. The van der Waals surface area contributed by atoms with E-state index in [0.29, 0.717) is 13.1 Å². The van der Waals surface area contributed by atoms with Gasteiger partial charge in [-0.15, -0.1) is 0 Å². The van der Waals surface area contributed by atoms with Crippen molar-refractivity contribution < 1.29 is 4.79 Å². The van der Waals surface area contributed by atoms with Crippen LogP contribution >= 0.6 is 0 Å². The van der Waals surface area contributed by atoms with E-state index in [9.17, 15) is 4.79 Å². The minimum absolute atomic E-state index is 0.654. The van der Waals surface area contributed by atoms with E-state index >= 15 is 0 Å². The van der Waals surface area contributed by atoms with Crippen LogP contribution in [0.5, 0.6) is 0 Å². The summed E-state index contributed by atoms with van der Waals surface area (Å²) in [7, 11) is 2.02. The highest BCUT2D eigenvalue weighted by atomic mass is 16.1. The van der Waals surface area contributed by atoms with Gasteiger partial charge in [-0.2, -0.15) is 0 Å². The molecule has 1 aromatic carbocycles. The first-order valence-corrected chi connectivity index (χ1v) is 13.3. The second kappa shape index (κ2) is 15.2. The Kier molecular flexibility index (Phi) is 11.7. The minimum atomic E-state index is 0.654. The first-order chi connectivity index (χ1) is 17.6. The highest BCUT2D eigenvalue weighted by molar-refractivity contribution is 5.47. The third-order valence-corrected chi connectivity index (χ3v) is 6.43. The molecule has 196 valence electrons. The summed E-state index contributed by atoms with van der Waals surface area (Å²) in [6.07, 6.45) is 13.0. The Bertz CT molecular complexity index is 978. The molecule has 0 radical (unpaired) electrons. The number of imidazole rings is 2. The number of carbonyl (C=O) groups excluding carboxylic acids is 1. The fraction of sp³-hybridized carbons (Fsp3) is 0.536. The average Bonchev–Trinajstić information content (AvgIpc) is 3.54. The lowest BCUT2D eigenvalue weighted by molar-refractivity contribution is -0.118. The van der Waals surface area contributed by atoms with E-state index in [1.54, 1.807) is 6.20 Å². The van der Waals surface area contributed by atoms with Crippen molar-refractivity contribution in [3.05, 3.63) is 71.8 Å². The number of aromatic amines is 1. The summed E-state index contributed by atoms with van der Waals surface area (Å²) in [5.74, 6) is 1.96. The smallest absolute Gasteiger partial charge is 0.210 e. The summed E-state index contributed by atoms with van der Waals surface area (Å²) < 4.78 is 2.05. The number of carbonyl (C=O) groups is 1. The molecule has 0 aliphatic carbocycles. The molecular weight excluding hydrogens is 450 g/mol. The van der Waals surface area contributed by atoms with E-state index in [4.69, 9.17) is 0 Å². The lowest BCUT2D eigenvalue weighted by atomic mass is 10.1. The SMILES string of the molecule is CCCN(CCC)CCCCN(C=O)Cc1ccc(CN(Cc2ncc[nH]2)Cc2nccn2C)cc1. The van der Waals surface area contributed by atoms with Gasteiger partial charge in [0.2, 0.25) is 6.41 Å². The molecule has 0 aliphatic heterocycles. The predicted octanol–water partition coefficient (Wildman–Crippen LogP) is 4.21. The zero-order valence-corrected chi connectivity index (χ0v) is 22.3. The third kappa shape index (κ3) is 9.24. The molecule has 3 aromatic rings. The molecule has 0 unspecified atom stereocenters. The molecule has 2 heterocycles. The quantitative estimate of drug-likeness (QED) is 0.212. The number of H-pyrrole nitrogens is 1. The van der Waals surface area contributed by atoms with E-state index in [-0.39, 0.29) is 0 Å². The molecule has 0 atom stereocenters. The van der Waals surface area contributed by atoms with E-state index in [1.807, 2.05) is 30.5 Å². The standard InChI is InChI=1S/C28H43N7O/c1-4-15-33(16-5-2)17-6-7-18-34(24-36)20-25-8-10-26(11-9-25)21-35(22-27-29-12-13-30-27)23-28-31-14-19-32(28)3/h8-14,19,24H,4-7,15-18,20-23H2,1-3H3,(H,29,30). The zero-order chi connectivity index (χ0) is 25.6. The topological polar surface area (TPSA) is 73.3 Å². The molecule has 0 bridgehead atoms. The second-order valence-electron chi connectivity index (χ2n) is 9.58. The van der Waals surface area contributed by atoms with E-state index in [2.05, 4.69) is 67.4 Å². The zero-order valence-electron chi connectivity index (χ0n) is 22.3. The molecule has 2 aromatic heterocycles. The number of aryl methyl sites for hydroxylation is 1. The molecule has 1 N–H and O–H groups in total. The highest BCUT2D eigenvalue weighted by Crippen LogP contribution is 2.14. The minimum Gasteiger partial charge on any atom is -0.348 e. The van der Waals surface area contributed by atoms with Crippen molar-refractivity contribution in [2.45, 2.75) is 65.7 Å². The van der Waals surface area contributed by atoms with Crippen molar-refractivity contribution in [2.75, 3.05) is 26.2 Å². The maximum atomic E-state index is 11.7. The van der Waals surface area contributed by atoms with Gasteiger partial charge in [-0.05, 0) is 56.4 Å². The number of nitrogens with zero attached hydrogens (tertiary/aromatic N) is 6. The molecule has 0 saturated carbocycles. The lowest BCUT2D eigenvalue weighted by Gasteiger charge is -2.22. The van der Waals surface area contributed by atoms with Crippen molar-refractivity contribution >= 4 is 6.41 Å². The van der Waals surface area contributed by atoms with Crippen LogP contribution in [0, 0.1) is 0 Å². The fourth-order valence-electron chi connectivity index (χ4n) is 4.54. The van der Waals surface area contributed by atoms with Gasteiger partial charge in [-0.1, -0.05) is 38.1 Å². The van der Waals surface area contributed by atoms with Gasteiger partial charge in [-0.3, -0.25) is 9.69 Å². The summed E-state index contributed by atoms with van der Waals surface area (Å²) in [6.45, 7) is 11.6. The Hall–Kier alpha value is -2.97. The summed E-state index contributed by atoms with van der Waals surface area (Å²) in [5.41, 5.74) is 2.38. The van der Waals surface area contributed by atoms with Crippen LogP contribution in [0.25, 0.3) is 0 Å². The summed E-state index contributed by atoms with van der Waals surface area (Å²) >= 11 is 0.